The van der Waals surface area contributed by atoms with Crippen molar-refractivity contribution in [2.45, 2.75) is 48.3 Å². The number of benzene rings is 1. The van der Waals surface area contributed by atoms with Crippen molar-refractivity contribution in [3.05, 3.63) is 29.8 Å². The molecule has 7 nitrogen and oxygen atoms in total. The first-order chi connectivity index (χ1) is 14.0. The molecule has 2 bridgehead atoms. The van der Waals surface area contributed by atoms with Gasteiger partial charge in [0.15, 0.2) is 17.1 Å². The molecule has 0 radical (unpaired) electrons. The van der Waals surface area contributed by atoms with Crippen LogP contribution in [0.4, 0.5) is 5.69 Å². The first kappa shape index (κ1) is 16.5. The molecule has 3 spiro atoms. The predicted octanol–water partition coefficient (Wildman–Crippen LogP) is 1.55. The molecule has 2 N–H and O–H groups in total. The molecule has 1 aromatic carbocycles. The maximum absolute atomic E-state index is 13.1. The molecular weight excluding hydrogens is 372 g/mol. The molecule has 7 heteroatoms. The van der Waals surface area contributed by atoms with Gasteiger partial charge in [-0.15, -0.1) is 0 Å². The molecule has 1 aromatic rings. The van der Waals surface area contributed by atoms with E-state index in [1.165, 1.54) is 7.11 Å². The van der Waals surface area contributed by atoms with Crippen molar-refractivity contribution in [1.29, 1.82) is 0 Å². The lowest BCUT2D eigenvalue weighted by Crippen LogP contribution is -2.83. The summed E-state index contributed by atoms with van der Waals surface area (Å²) in [6.45, 7) is 2.06. The number of nitrogens with one attached hydrogen (secondary N) is 1. The summed E-state index contributed by atoms with van der Waals surface area (Å²) < 4.78 is 16.6. The molecular formula is C22H24N2O5. The zero-order chi connectivity index (χ0) is 19.6. The molecule has 8 rings (SSSR count). The zero-order valence-electron chi connectivity index (χ0n) is 16.4. The van der Waals surface area contributed by atoms with E-state index in [-0.39, 0.29) is 23.7 Å². The molecule has 4 heterocycles. The van der Waals surface area contributed by atoms with Gasteiger partial charge in [0.05, 0.1) is 18.3 Å². The van der Waals surface area contributed by atoms with Crippen LogP contribution in [0.2, 0.25) is 0 Å². The van der Waals surface area contributed by atoms with E-state index in [0.717, 1.165) is 37.2 Å². The van der Waals surface area contributed by atoms with Gasteiger partial charge in [0, 0.05) is 23.4 Å². The van der Waals surface area contributed by atoms with Crippen molar-refractivity contribution in [2.75, 3.05) is 32.3 Å². The van der Waals surface area contributed by atoms with E-state index in [9.17, 15) is 9.90 Å². The molecule has 4 fully saturated rings. The van der Waals surface area contributed by atoms with Gasteiger partial charge >= 0.3 is 5.97 Å². The van der Waals surface area contributed by atoms with Crippen molar-refractivity contribution in [2.24, 2.45) is 5.41 Å². The smallest absolute Gasteiger partial charge is 0.340 e. The number of carbonyl (C=O) groups is 1. The summed E-state index contributed by atoms with van der Waals surface area (Å²) >= 11 is 0. The van der Waals surface area contributed by atoms with E-state index in [4.69, 9.17) is 14.2 Å². The van der Waals surface area contributed by atoms with Crippen LogP contribution in [-0.4, -0.2) is 60.1 Å². The van der Waals surface area contributed by atoms with E-state index in [0.29, 0.717) is 24.3 Å². The Kier molecular flexibility index (Phi) is 2.70. The molecule has 5 atom stereocenters. The molecule has 7 aliphatic rings. The van der Waals surface area contributed by atoms with Gasteiger partial charge in [-0.25, -0.2) is 4.79 Å². The lowest BCUT2D eigenvalue weighted by Gasteiger charge is -2.69. The average Bonchev–Trinajstić information content (AvgIpc) is 3.43. The van der Waals surface area contributed by atoms with Gasteiger partial charge < -0.3 is 24.6 Å². The van der Waals surface area contributed by atoms with Crippen molar-refractivity contribution in [3.63, 3.8) is 0 Å². The Labute approximate surface area is 168 Å². The number of esters is 1. The molecule has 1 saturated heterocycles. The fraction of sp³-hybridized carbons (Fsp3) is 0.591. The Hall–Kier alpha value is -2.25. The van der Waals surface area contributed by atoms with Gasteiger partial charge in [-0.3, -0.25) is 4.90 Å². The van der Waals surface area contributed by atoms with E-state index in [2.05, 4.69) is 28.4 Å². The quantitative estimate of drug-likeness (QED) is 0.551. The molecule has 3 saturated carbocycles. The number of rotatable bonds is 1. The maximum Gasteiger partial charge on any atom is 0.340 e. The normalized spacial score (nSPS) is 44.8. The Bertz CT molecular complexity index is 1010. The van der Waals surface area contributed by atoms with Crippen LogP contribution in [-0.2, 0) is 14.9 Å². The lowest BCUT2D eigenvalue weighted by molar-refractivity contribution is -0.209. The van der Waals surface area contributed by atoms with E-state index in [1.807, 2.05) is 6.07 Å². The van der Waals surface area contributed by atoms with Crippen molar-refractivity contribution >= 4 is 11.7 Å². The number of anilines is 1. The molecule has 29 heavy (non-hydrogen) atoms. The summed E-state index contributed by atoms with van der Waals surface area (Å²) in [6, 6.07) is 4.34. The topological polar surface area (TPSA) is 80.3 Å². The molecule has 0 amide bonds. The minimum absolute atomic E-state index is 0.191. The highest BCUT2D eigenvalue weighted by Gasteiger charge is 2.84. The van der Waals surface area contributed by atoms with Gasteiger partial charge in [0.25, 0.3) is 0 Å². The van der Waals surface area contributed by atoms with Crippen molar-refractivity contribution in [3.8, 4) is 11.5 Å². The summed E-state index contributed by atoms with van der Waals surface area (Å²) in [6.07, 6.45) is 7.41. The summed E-state index contributed by atoms with van der Waals surface area (Å²) in [5.74, 6) is 0.878. The second kappa shape index (κ2) is 4.73. The third-order valence-corrected chi connectivity index (χ3v) is 8.86. The maximum atomic E-state index is 13.1. The number of ether oxygens (including phenoxy) is 3. The number of methoxy groups -OCH3 is 1. The van der Waals surface area contributed by atoms with Crippen LogP contribution in [0, 0.1) is 5.41 Å². The Morgan fingerprint density at radius 1 is 1.31 bits per heavy atom. The number of hydrogen-bond donors (Lipinski definition) is 2. The minimum atomic E-state index is -1.61. The van der Waals surface area contributed by atoms with E-state index in [1.54, 1.807) is 0 Å². The molecule has 152 valence electrons. The zero-order valence-corrected chi connectivity index (χ0v) is 16.4. The van der Waals surface area contributed by atoms with Gasteiger partial charge in [0.1, 0.15) is 0 Å². The standard InChI is InChI=1S/C22H24N2O5/c1-27-18(25)21(26)11-19-5-2-9-24-10-8-20(17(19)24)13-3-4-14-16(29-12-28-14)15(13)23-22(20,21)7-6-19/h2-5,17,23,26H,6-12H2,1H3/t17-,19+,20-,21-,22-/m0/s1. The summed E-state index contributed by atoms with van der Waals surface area (Å²) in [5, 5.41) is 15.8. The van der Waals surface area contributed by atoms with E-state index >= 15 is 0 Å². The highest BCUT2D eigenvalue weighted by Crippen LogP contribution is 2.75. The van der Waals surface area contributed by atoms with Crippen LogP contribution in [0.3, 0.4) is 0 Å². The molecule has 4 aliphatic heterocycles. The number of hydrogen-bond acceptors (Lipinski definition) is 7. The molecule has 0 unspecified atom stereocenters. The van der Waals surface area contributed by atoms with Gasteiger partial charge in [-0.1, -0.05) is 18.2 Å². The third kappa shape index (κ3) is 1.46. The van der Waals surface area contributed by atoms with Crippen LogP contribution in [0.1, 0.15) is 31.2 Å². The van der Waals surface area contributed by atoms with Crippen molar-refractivity contribution < 1.29 is 24.1 Å². The highest BCUT2D eigenvalue weighted by atomic mass is 16.7. The first-order valence-electron chi connectivity index (χ1n) is 10.5. The Morgan fingerprint density at radius 3 is 3.07 bits per heavy atom. The van der Waals surface area contributed by atoms with E-state index < -0.39 is 17.1 Å². The lowest BCUT2D eigenvalue weighted by atomic mass is 9.38. The summed E-state index contributed by atoms with van der Waals surface area (Å²) in [7, 11) is 1.37. The largest absolute Gasteiger partial charge is 0.467 e. The fourth-order valence-corrected chi connectivity index (χ4v) is 8.11. The van der Waals surface area contributed by atoms with Crippen LogP contribution in [0.5, 0.6) is 11.5 Å². The van der Waals surface area contributed by atoms with Gasteiger partial charge in [-0.05, 0) is 43.9 Å². The number of nitrogens with zero attached hydrogens (tertiary/aromatic N) is 1. The number of fused-ring (bicyclic) bond motifs is 5. The highest BCUT2D eigenvalue weighted by molar-refractivity contribution is 5.89. The first-order valence-corrected chi connectivity index (χ1v) is 10.5. The summed E-state index contributed by atoms with van der Waals surface area (Å²) in [4.78, 5) is 15.7. The fourth-order valence-electron chi connectivity index (χ4n) is 8.11. The van der Waals surface area contributed by atoms with Crippen LogP contribution in [0.25, 0.3) is 0 Å². The van der Waals surface area contributed by atoms with Crippen LogP contribution in [0.15, 0.2) is 24.3 Å². The van der Waals surface area contributed by atoms with Crippen LogP contribution < -0.4 is 14.8 Å². The van der Waals surface area contributed by atoms with Gasteiger partial charge in [0.2, 0.25) is 6.79 Å². The second-order valence-electron chi connectivity index (χ2n) is 9.54. The SMILES string of the molecule is COC(=O)[C@@]1(O)C[C@@]23C=CCN4CC[C@]5(c6ccc7c(c6N[C@@]51CC2)OCO7)[C@@H]43. The average molecular weight is 396 g/mol. The Morgan fingerprint density at radius 2 is 2.21 bits per heavy atom. The monoisotopic (exact) mass is 396 g/mol. The summed E-state index contributed by atoms with van der Waals surface area (Å²) in [5.41, 5.74) is -1.01. The molecule has 3 aliphatic carbocycles. The van der Waals surface area contributed by atoms with Gasteiger partial charge in [-0.2, -0.15) is 0 Å². The van der Waals surface area contributed by atoms with Crippen LogP contribution >= 0.6 is 0 Å². The second-order valence-corrected chi connectivity index (χ2v) is 9.54. The number of carbonyl (C=O) groups excluding carboxylic acids is 1. The Balaban J connectivity index is 1.57. The molecule has 0 aromatic heterocycles. The number of aliphatic hydroxyl groups is 1. The predicted molar refractivity (Wildman–Crippen MR) is 103 cm³/mol. The minimum Gasteiger partial charge on any atom is -0.467 e. The third-order valence-electron chi connectivity index (χ3n) is 8.86. The van der Waals surface area contributed by atoms with Crippen molar-refractivity contribution in [1.82, 2.24) is 4.90 Å².